The van der Waals surface area contributed by atoms with E-state index in [1.807, 2.05) is 26.0 Å². The summed E-state index contributed by atoms with van der Waals surface area (Å²) in [7, 11) is 1.78. The minimum absolute atomic E-state index is 0.0229. The number of anilines is 1. The molecule has 0 atom stereocenters. The summed E-state index contributed by atoms with van der Waals surface area (Å²) in [5.74, 6) is -1.03. The number of fused-ring (bicyclic) bond motifs is 1. The van der Waals surface area contributed by atoms with Crippen LogP contribution in [0.15, 0.2) is 35.3 Å². The Morgan fingerprint density at radius 1 is 1.22 bits per heavy atom. The van der Waals surface area contributed by atoms with Gasteiger partial charge in [-0.2, -0.15) is 0 Å². The van der Waals surface area contributed by atoms with Gasteiger partial charge in [0.05, 0.1) is 17.7 Å². The summed E-state index contributed by atoms with van der Waals surface area (Å²) >= 11 is 1.29. The van der Waals surface area contributed by atoms with Crippen LogP contribution in [-0.2, 0) is 11.8 Å². The highest BCUT2D eigenvalue weighted by atomic mass is 32.1. The Bertz CT molecular complexity index is 1110. The van der Waals surface area contributed by atoms with Gasteiger partial charge in [0.15, 0.2) is 0 Å². The second-order valence-electron chi connectivity index (χ2n) is 6.16. The number of nitrogens with zero attached hydrogens (tertiary/aromatic N) is 1. The third-order valence-corrected chi connectivity index (χ3v) is 5.56. The first kappa shape index (κ1) is 18.8. The highest BCUT2D eigenvalue weighted by Gasteiger charge is 2.23. The summed E-state index contributed by atoms with van der Waals surface area (Å²) in [4.78, 5) is 38.7. The van der Waals surface area contributed by atoms with Crippen molar-refractivity contribution in [2.75, 3.05) is 11.9 Å². The highest BCUT2D eigenvalue weighted by molar-refractivity contribution is 7.16. The van der Waals surface area contributed by atoms with Crippen LogP contribution in [0.4, 0.5) is 5.00 Å². The predicted octanol–water partition coefficient (Wildman–Crippen LogP) is 3.65. The van der Waals surface area contributed by atoms with E-state index in [0.717, 1.165) is 16.0 Å². The van der Waals surface area contributed by atoms with Crippen LogP contribution in [0.3, 0.4) is 0 Å². The van der Waals surface area contributed by atoms with E-state index in [1.54, 1.807) is 30.7 Å². The topological polar surface area (TPSA) is 77.4 Å². The van der Waals surface area contributed by atoms with E-state index in [0.29, 0.717) is 16.0 Å². The zero-order valence-electron chi connectivity index (χ0n) is 15.6. The Kier molecular flexibility index (Phi) is 5.14. The number of aromatic nitrogens is 1. The van der Waals surface area contributed by atoms with E-state index < -0.39 is 11.9 Å². The van der Waals surface area contributed by atoms with Crippen LogP contribution < -0.4 is 10.7 Å². The van der Waals surface area contributed by atoms with Gasteiger partial charge in [0.2, 0.25) is 5.43 Å². The number of thiophene rings is 1. The molecule has 3 aromatic rings. The number of amides is 1. The number of benzene rings is 1. The molecule has 7 heteroatoms. The van der Waals surface area contributed by atoms with Crippen LogP contribution in [0.25, 0.3) is 10.9 Å². The second kappa shape index (κ2) is 7.36. The van der Waals surface area contributed by atoms with Gasteiger partial charge in [-0.1, -0.05) is 12.1 Å². The maximum atomic E-state index is 12.8. The summed E-state index contributed by atoms with van der Waals surface area (Å²) in [6, 6.07) is 7.11. The molecule has 1 aromatic carbocycles. The van der Waals surface area contributed by atoms with E-state index in [1.165, 1.54) is 17.5 Å². The molecule has 0 radical (unpaired) electrons. The zero-order valence-corrected chi connectivity index (χ0v) is 16.4. The van der Waals surface area contributed by atoms with Gasteiger partial charge in [0.1, 0.15) is 10.6 Å². The average Bonchev–Trinajstić information content (AvgIpc) is 2.92. The van der Waals surface area contributed by atoms with Crippen LogP contribution in [-0.4, -0.2) is 23.1 Å². The van der Waals surface area contributed by atoms with Crippen molar-refractivity contribution in [2.24, 2.45) is 7.05 Å². The van der Waals surface area contributed by atoms with Crippen molar-refractivity contribution in [3.63, 3.8) is 0 Å². The van der Waals surface area contributed by atoms with Crippen molar-refractivity contribution in [3.05, 3.63) is 62.3 Å². The molecule has 140 valence electrons. The molecule has 0 saturated heterocycles. The Morgan fingerprint density at radius 2 is 1.93 bits per heavy atom. The lowest BCUT2D eigenvalue weighted by atomic mass is 10.1. The van der Waals surface area contributed by atoms with Gasteiger partial charge >= 0.3 is 5.97 Å². The molecule has 3 rings (SSSR count). The van der Waals surface area contributed by atoms with E-state index in [4.69, 9.17) is 4.74 Å². The van der Waals surface area contributed by atoms with Crippen LogP contribution in [0.1, 0.15) is 38.1 Å². The molecule has 6 nitrogen and oxygen atoms in total. The molecule has 0 spiro atoms. The van der Waals surface area contributed by atoms with E-state index in [-0.39, 0.29) is 17.6 Å². The first-order valence-electron chi connectivity index (χ1n) is 8.52. The molecule has 0 bridgehead atoms. The smallest absolute Gasteiger partial charge is 0.341 e. The number of hydrogen-bond acceptors (Lipinski definition) is 5. The fraction of sp³-hybridized carbons (Fsp3) is 0.250. The van der Waals surface area contributed by atoms with Crippen molar-refractivity contribution in [1.29, 1.82) is 0 Å². The molecule has 0 aliphatic rings. The maximum Gasteiger partial charge on any atom is 0.341 e. The van der Waals surface area contributed by atoms with Crippen molar-refractivity contribution in [2.45, 2.75) is 20.8 Å². The first-order valence-corrected chi connectivity index (χ1v) is 9.33. The number of nitrogens with one attached hydrogen (secondary N) is 1. The van der Waals surface area contributed by atoms with Gasteiger partial charge in [-0.15, -0.1) is 11.3 Å². The van der Waals surface area contributed by atoms with Crippen LogP contribution in [0, 0.1) is 13.8 Å². The molecule has 0 saturated carbocycles. The van der Waals surface area contributed by atoms with Gasteiger partial charge in [-0.3, -0.25) is 9.59 Å². The Labute approximate surface area is 160 Å². The minimum atomic E-state index is -0.548. The lowest BCUT2D eigenvalue weighted by molar-refractivity contribution is 0.0527. The Hall–Kier alpha value is -2.93. The number of carbonyl (C=O) groups excluding carboxylic acids is 2. The van der Waals surface area contributed by atoms with Crippen molar-refractivity contribution < 1.29 is 14.3 Å². The monoisotopic (exact) mass is 384 g/mol. The zero-order chi connectivity index (χ0) is 19.7. The number of esters is 1. The van der Waals surface area contributed by atoms with E-state index in [2.05, 4.69) is 5.32 Å². The van der Waals surface area contributed by atoms with Gasteiger partial charge < -0.3 is 14.6 Å². The molecule has 0 aliphatic heterocycles. The largest absolute Gasteiger partial charge is 0.462 e. The molecule has 0 unspecified atom stereocenters. The molecular formula is C20H20N2O4S. The Balaban J connectivity index is 2.04. The number of hydrogen-bond donors (Lipinski definition) is 1. The molecule has 2 aromatic heterocycles. The third-order valence-electron chi connectivity index (χ3n) is 4.43. The van der Waals surface area contributed by atoms with Gasteiger partial charge in [0, 0.05) is 23.5 Å². The summed E-state index contributed by atoms with van der Waals surface area (Å²) in [6.45, 7) is 5.64. The SMILES string of the molecule is CCOC(=O)c1c(NC(=O)c2cn(C)c3ccccc3c2=O)sc(C)c1C. The molecule has 0 fully saturated rings. The van der Waals surface area contributed by atoms with Crippen LogP contribution in [0.2, 0.25) is 0 Å². The van der Waals surface area contributed by atoms with E-state index >= 15 is 0 Å². The summed E-state index contributed by atoms with van der Waals surface area (Å²) in [5.41, 5.74) is 1.53. The van der Waals surface area contributed by atoms with E-state index in [9.17, 15) is 14.4 Å². The number of pyridine rings is 1. The average molecular weight is 384 g/mol. The fourth-order valence-electron chi connectivity index (χ4n) is 2.94. The highest BCUT2D eigenvalue weighted by Crippen LogP contribution is 2.33. The number of rotatable bonds is 4. The predicted molar refractivity (Wildman–Crippen MR) is 107 cm³/mol. The molecule has 1 N–H and O–H groups in total. The normalized spacial score (nSPS) is 10.8. The molecular weight excluding hydrogens is 364 g/mol. The standard InChI is InChI=1S/C20H20N2O4S/c1-5-26-20(25)16-11(2)12(3)27-19(16)21-18(24)14-10-22(4)15-9-7-6-8-13(15)17(14)23/h6-10H,5H2,1-4H3,(H,21,24). The molecule has 1 amide bonds. The summed E-state index contributed by atoms with van der Waals surface area (Å²) < 4.78 is 6.84. The molecule has 27 heavy (non-hydrogen) atoms. The minimum Gasteiger partial charge on any atom is -0.462 e. The van der Waals surface area contributed by atoms with Crippen molar-refractivity contribution in [1.82, 2.24) is 4.57 Å². The second-order valence-corrected chi connectivity index (χ2v) is 7.39. The van der Waals surface area contributed by atoms with Gasteiger partial charge in [0.25, 0.3) is 5.91 Å². The lowest BCUT2D eigenvalue weighted by Crippen LogP contribution is -2.24. The summed E-state index contributed by atoms with van der Waals surface area (Å²) in [5, 5.41) is 3.59. The molecule has 2 heterocycles. The Morgan fingerprint density at radius 3 is 2.63 bits per heavy atom. The number of carbonyl (C=O) groups is 2. The third kappa shape index (κ3) is 3.38. The van der Waals surface area contributed by atoms with Crippen molar-refractivity contribution >= 4 is 39.1 Å². The lowest BCUT2D eigenvalue weighted by Gasteiger charge is -2.10. The summed E-state index contributed by atoms with van der Waals surface area (Å²) in [6.07, 6.45) is 1.51. The van der Waals surface area contributed by atoms with Gasteiger partial charge in [-0.25, -0.2) is 4.79 Å². The molecule has 0 aliphatic carbocycles. The maximum absolute atomic E-state index is 12.8. The van der Waals surface area contributed by atoms with Gasteiger partial charge in [-0.05, 0) is 38.5 Å². The van der Waals surface area contributed by atoms with Crippen LogP contribution >= 0.6 is 11.3 Å². The van der Waals surface area contributed by atoms with Crippen molar-refractivity contribution in [3.8, 4) is 0 Å². The number of ether oxygens (including phenoxy) is 1. The first-order chi connectivity index (χ1) is 12.8. The fourth-order valence-corrected chi connectivity index (χ4v) is 3.98. The number of para-hydroxylation sites is 1. The van der Waals surface area contributed by atoms with Crippen LogP contribution in [0.5, 0.6) is 0 Å². The quantitative estimate of drug-likeness (QED) is 0.697. The number of aryl methyl sites for hydroxylation is 2.